The van der Waals surface area contributed by atoms with E-state index in [4.69, 9.17) is 10.8 Å². The van der Waals surface area contributed by atoms with Crippen LogP contribution in [0.3, 0.4) is 0 Å². The topological polar surface area (TPSA) is 76.2 Å². The number of fused-ring (bicyclic) bond motifs is 1. The number of carboxylic acid groups (broad SMARTS) is 1. The van der Waals surface area contributed by atoms with Gasteiger partial charge in [0.15, 0.2) is 0 Å². The third kappa shape index (κ3) is 1.02. The quantitative estimate of drug-likeness (QED) is 0.647. The number of carboxylic acids is 1. The Kier molecular flexibility index (Phi) is 1.60. The number of nitrogens with two attached hydrogens (primary N) is 1. The standard InChI is InChI=1S/C9H10N2O2/c10-9(8(12)13)3-1-6-2-4-11-5-7(6)9/h2,4-5H,1,3,10H2,(H,12,13). The van der Waals surface area contributed by atoms with Crippen LogP contribution >= 0.6 is 0 Å². The van der Waals surface area contributed by atoms with Crippen LogP contribution in [-0.4, -0.2) is 16.1 Å². The molecule has 1 aliphatic rings. The van der Waals surface area contributed by atoms with E-state index in [0.717, 1.165) is 12.0 Å². The highest BCUT2D eigenvalue weighted by molar-refractivity contribution is 5.82. The highest BCUT2D eigenvalue weighted by Gasteiger charge is 2.41. The van der Waals surface area contributed by atoms with Gasteiger partial charge in [0.1, 0.15) is 5.54 Å². The van der Waals surface area contributed by atoms with Gasteiger partial charge in [-0.05, 0) is 24.5 Å². The first-order chi connectivity index (χ1) is 6.14. The molecule has 0 amide bonds. The molecule has 1 aromatic rings. The molecule has 0 aliphatic heterocycles. The number of aromatic nitrogens is 1. The van der Waals surface area contributed by atoms with Crippen molar-refractivity contribution in [3.05, 3.63) is 29.6 Å². The maximum Gasteiger partial charge on any atom is 0.328 e. The van der Waals surface area contributed by atoms with Gasteiger partial charge in [0.2, 0.25) is 0 Å². The largest absolute Gasteiger partial charge is 0.480 e. The number of carbonyl (C=O) groups is 1. The maximum atomic E-state index is 10.9. The number of nitrogens with zero attached hydrogens (tertiary/aromatic N) is 1. The Bertz CT molecular complexity index is 364. The number of pyridine rings is 1. The minimum Gasteiger partial charge on any atom is -0.480 e. The molecule has 4 heteroatoms. The summed E-state index contributed by atoms with van der Waals surface area (Å²) in [7, 11) is 0. The lowest BCUT2D eigenvalue weighted by Crippen LogP contribution is -2.42. The molecular formula is C9H10N2O2. The SMILES string of the molecule is NC1(C(=O)O)CCc2ccncc21. The zero-order valence-corrected chi connectivity index (χ0v) is 7.03. The summed E-state index contributed by atoms with van der Waals surface area (Å²) in [6, 6.07) is 1.83. The fourth-order valence-electron chi connectivity index (χ4n) is 1.73. The second-order valence-corrected chi connectivity index (χ2v) is 3.31. The van der Waals surface area contributed by atoms with Crippen molar-refractivity contribution in [2.24, 2.45) is 5.73 Å². The lowest BCUT2D eigenvalue weighted by molar-refractivity contribution is -0.143. The second-order valence-electron chi connectivity index (χ2n) is 3.31. The molecule has 2 rings (SSSR count). The van der Waals surface area contributed by atoms with E-state index in [0.29, 0.717) is 12.0 Å². The van der Waals surface area contributed by atoms with E-state index in [2.05, 4.69) is 4.98 Å². The van der Waals surface area contributed by atoms with E-state index >= 15 is 0 Å². The molecule has 1 aliphatic carbocycles. The Labute approximate surface area is 75.4 Å². The number of hydrogen-bond acceptors (Lipinski definition) is 3. The molecule has 0 bridgehead atoms. The minimum atomic E-state index is -1.22. The Morgan fingerprint density at radius 1 is 1.69 bits per heavy atom. The second kappa shape index (κ2) is 2.53. The highest BCUT2D eigenvalue weighted by atomic mass is 16.4. The lowest BCUT2D eigenvalue weighted by atomic mass is 9.95. The van der Waals surface area contributed by atoms with E-state index in [9.17, 15) is 4.79 Å². The summed E-state index contributed by atoms with van der Waals surface area (Å²) >= 11 is 0. The summed E-state index contributed by atoms with van der Waals surface area (Å²) in [6.45, 7) is 0. The van der Waals surface area contributed by atoms with Crippen molar-refractivity contribution in [2.75, 3.05) is 0 Å². The third-order valence-electron chi connectivity index (χ3n) is 2.56. The van der Waals surface area contributed by atoms with Crippen LogP contribution < -0.4 is 5.73 Å². The summed E-state index contributed by atoms with van der Waals surface area (Å²) in [6.07, 6.45) is 4.40. The van der Waals surface area contributed by atoms with Crippen LogP contribution in [0.15, 0.2) is 18.5 Å². The summed E-state index contributed by atoms with van der Waals surface area (Å²) in [5.41, 5.74) is 6.21. The number of hydrogen-bond donors (Lipinski definition) is 2. The van der Waals surface area contributed by atoms with E-state index in [1.165, 1.54) is 0 Å². The van der Waals surface area contributed by atoms with Crippen molar-refractivity contribution in [1.29, 1.82) is 0 Å². The van der Waals surface area contributed by atoms with Crippen molar-refractivity contribution in [3.8, 4) is 0 Å². The predicted molar refractivity (Wildman–Crippen MR) is 46.1 cm³/mol. The molecule has 0 fully saturated rings. The first kappa shape index (κ1) is 8.19. The molecule has 0 saturated heterocycles. The Morgan fingerprint density at radius 2 is 2.46 bits per heavy atom. The van der Waals surface area contributed by atoms with Crippen LogP contribution in [0.1, 0.15) is 17.5 Å². The Morgan fingerprint density at radius 3 is 3.15 bits per heavy atom. The van der Waals surface area contributed by atoms with Crippen LogP contribution in [-0.2, 0) is 16.8 Å². The van der Waals surface area contributed by atoms with Crippen molar-refractivity contribution >= 4 is 5.97 Å². The molecule has 0 aromatic carbocycles. The van der Waals surface area contributed by atoms with Crippen molar-refractivity contribution in [1.82, 2.24) is 4.98 Å². The average Bonchev–Trinajstić information content (AvgIpc) is 2.47. The molecule has 4 nitrogen and oxygen atoms in total. The van der Waals surface area contributed by atoms with Gasteiger partial charge in [0.05, 0.1) is 0 Å². The van der Waals surface area contributed by atoms with E-state index < -0.39 is 11.5 Å². The number of aryl methyl sites for hydroxylation is 1. The van der Waals surface area contributed by atoms with Crippen molar-refractivity contribution < 1.29 is 9.90 Å². The van der Waals surface area contributed by atoms with E-state index in [1.54, 1.807) is 12.4 Å². The normalized spacial score (nSPS) is 25.6. The molecule has 1 atom stereocenters. The van der Waals surface area contributed by atoms with Gasteiger partial charge in [0.25, 0.3) is 0 Å². The molecule has 1 aromatic heterocycles. The summed E-state index contributed by atoms with van der Waals surface area (Å²) in [5, 5.41) is 8.97. The number of rotatable bonds is 1. The molecule has 0 saturated carbocycles. The average molecular weight is 178 g/mol. The van der Waals surface area contributed by atoms with Crippen LogP contribution in [0.5, 0.6) is 0 Å². The maximum absolute atomic E-state index is 10.9. The predicted octanol–water partition coefficient (Wildman–Crippen LogP) is 0.266. The zero-order chi connectivity index (χ0) is 9.47. The number of aliphatic carboxylic acids is 1. The molecule has 3 N–H and O–H groups in total. The molecule has 13 heavy (non-hydrogen) atoms. The Balaban J connectivity index is 2.55. The summed E-state index contributed by atoms with van der Waals surface area (Å²) in [4.78, 5) is 14.8. The molecule has 0 spiro atoms. The van der Waals surface area contributed by atoms with Gasteiger partial charge in [-0.15, -0.1) is 0 Å². The van der Waals surface area contributed by atoms with Gasteiger partial charge < -0.3 is 10.8 Å². The van der Waals surface area contributed by atoms with Gasteiger partial charge in [-0.3, -0.25) is 4.98 Å². The van der Waals surface area contributed by atoms with Crippen LogP contribution in [0, 0.1) is 0 Å². The Hall–Kier alpha value is -1.42. The fourth-order valence-corrected chi connectivity index (χ4v) is 1.73. The lowest BCUT2D eigenvalue weighted by Gasteiger charge is -2.18. The highest BCUT2D eigenvalue weighted by Crippen LogP contribution is 2.33. The van der Waals surface area contributed by atoms with Crippen LogP contribution in [0.4, 0.5) is 0 Å². The van der Waals surface area contributed by atoms with Gasteiger partial charge in [-0.1, -0.05) is 0 Å². The minimum absolute atomic E-state index is 0.462. The third-order valence-corrected chi connectivity index (χ3v) is 2.56. The molecule has 68 valence electrons. The summed E-state index contributed by atoms with van der Waals surface area (Å²) in [5.74, 6) is -0.973. The zero-order valence-electron chi connectivity index (χ0n) is 7.03. The van der Waals surface area contributed by atoms with E-state index in [1.807, 2.05) is 6.07 Å². The smallest absolute Gasteiger partial charge is 0.328 e. The van der Waals surface area contributed by atoms with Crippen molar-refractivity contribution in [2.45, 2.75) is 18.4 Å². The van der Waals surface area contributed by atoms with Crippen LogP contribution in [0.25, 0.3) is 0 Å². The molecule has 1 unspecified atom stereocenters. The molecule has 1 heterocycles. The molecular weight excluding hydrogens is 168 g/mol. The summed E-state index contributed by atoms with van der Waals surface area (Å²) < 4.78 is 0. The van der Waals surface area contributed by atoms with Crippen molar-refractivity contribution in [3.63, 3.8) is 0 Å². The van der Waals surface area contributed by atoms with Gasteiger partial charge in [-0.2, -0.15) is 0 Å². The first-order valence-corrected chi connectivity index (χ1v) is 4.10. The fraction of sp³-hybridized carbons (Fsp3) is 0.333. The van der Waals surface area contributed by atoms with Gasteiger partial charge in [0, 0.05) is 18.0 Å². The first-order valence-electron chi connectivity index (χ1n) is 4.10. The van der Waals surface area contributed by atoms with E-state index in [-0.39, 0.29) is 0 Å². The van der Waals surface area contributed by atoms with Gasteiger partial charge in [-0.25, -0.2) is 4.79 Å². The van der Waals surface area contributed by atoms with Crippen LogP contribution in [0.2, 0.25) is 0 Å². The van der Waals surface area contributed by atoms with Gasteiger partial charge >= 0.3 is 5.97 Å². The molecule has 0 radical (unpaired) electrons. The monoisotopic (exact) mass is 178 g/mol.